The number of halogens is 2. The van der Waals surface area contributed by atoms with E-state index in [2.05, 4.69) is 180 Å². The van der Waals surface area contributed by atoms with Crippen molar-refractivity contribution < 1.29 is 88.1 Å². The maximum absolute atomic E-state index is 11.3. The molecule has 6 fully saturated rings. The van der Waals surface area contributed by atoms with Crippen molar-refractivity contribution in [3.05, 3.63) is 123 Å². The summed E-state index contributed by atoms with van der Waals surface area (Å²) in [6, 6.07) is 0. The van der Waals surface area contributed by atoms with Gasteiger partial charge >= 0.3 is 0 Å². The lowest BCUT2D eigenvalue weighted by Gasteiger charge is -2.38. The predicted molar refractivity (Wildman–Crippen MR) is 449 cm³/mol. The van der Waals surface area contributed by atoms with Crippen LogP contribution in [0.4, 0.5) is 0 Å². The highest BCUT2D eigenvalue weighted by Gasteiger charge is 2.63. The lowest BCUT2D eigenvalue weighted by atomic mass is 9.94. The first-order valence-electron chi connectivity index (χ1n) is 35.4. The average Bonchev–Trinajstić information content (AvgIpc) is 1.58. The zero-order chi connectivity index (χ0) is 81.1. The molecular weight excluding hydrogens is 1620 g/mol. The second-order valence-corrected chi connectivity index (χ2v) is 56.2. The van der Waals surface area contributed by atoms with Gasteiger partial charge in [-0.05, 0) is 143 Å². The van der Waals surface area contributed by atoms with Crippen LogP contribution in [0.2, 0.25) is 0 Å². The number of hydrogen-bond acceptors (Lipinski definition) is 23. The van der Waals surface area contributed by atoms with Gasteiger partial charge in [0.2, 0.25) is 0 Å². The van der Waals surface area contributed by atoms with E-state index in [1.807, 2.05) is 0 Å². The highest BCUT2D eigenvalue weighted by Crippen LogP contribution is 2.50. The van der Waals surface area contributed by atoms with Crippen molar-refractivity contribution in [1.82, 2.24) is 51.1 Å². The number of rotatable bonds is 20. The van der Waals surface area contributed by atoms with Crippen molar-refractivity contribution in [3.8, 4) is 0 Å². The number of carbonyl (C=O) groups is 5. The smallest absolute Gasteiger partial charge is 0.250 e. The number of carbonyl (C=O) groups excluding carboxylic acids is 5. The summed E-state index contributed by atoms with van der Waals surface area (Å²) in [4.78, 5) is 64.6. The molecule has 35 heteroatoms. The summed E-state index contributed by atoms with van der Waals surface area (Å²) in [5.41, 5.74) is -3.00. The van der Waals surface area contributed by atoms with Crippen LogP contribution in [-0.2, 0) is 52.4 Å². The Kier molecular flexibility index (Phi) is 30.4. The number of fused-ring (bicyclic) bond motifs is 2. The van der Waals surface area contributed by atoms with Crippen LogP contribution in [-0.4, -0.2) is 344 Å². The van der Waals surface area contributed by atoms with Crippen LogP contribution in [0.15, 0.2) is 123 Å². The molecule has 2 bridgehead atoms. The monoisotopic (exact) mass is 1740 g/mol. The van der Waals surface area contributed by atoms with Gasteiger partial charge in [0.25, 0.3) is 29.5 Å². The lowest BCUT2D eigenvalue weighted by Crippen LogP contribution is -2.53. The molecule has 6 saturated heterocycles. The zero-order valence-electron chi connectivity index (χ0n) is 64.3. The predicted octanol–water partition coefficient (Wildman–Crippen LogP) is 3.62. The largest absolute Gasteiger partial charge is 0.389 e. The average molecular weight is 1740 g/mol. The van der Waals surface area contributed by atoms with Gasteiger partial charge in [0.05, 0.1) is 40.5 Å². The Labute approximate surface area is 656 Å². The second kappa shape index (κ2) is 36.1. The lowest BCUT2D eigenvalue weighted by molar-refractivity contribution is -0.182. The van der Waals surface area contributed by atoms with Crippen LogP contribution in [0.1, 0.15) is 46.0 Å². The van der Waals surface area contributed by atoms with Gasteiger partial charge in [0.15, 0.2) is 24.9 Å². The third kappa shape index (κ3) is 23.7. The van der Waals surface area contributed by atoms with Crippen LogP contribution >= 0.6 is 68.6 Å². The molecule has 2 unspecified atom stereocenters. The fourth-order valence-corrected chi connectivity index (χ4v) is 19.3. The minimum absolute atomic E-state index is 0.0877. The molecule has 28 nitrogen and oxygen atoms in total. The van der Waals surface area contributed by atoms with E-state index in [9.17, 15) is 59.7 Å². The third-order valence-electron chi connectivity index (χ3n) is 19.6. The molecule has 108 heavy (non-hydrogen) atoms. The first-order chi connectivity index (χ1) is 49.6. The molecule has 11 aliphatic heterocycles. The number of alkyl halides is 2. The van der Waals surface area contributed by atoms with E-state index in [0.29, 0.717) is 48.6 Å². The Morgan fingerprint density at radius 3 is 1.22 bits per heavy atom. The minimum Gasteiger partial charge on any atom is -0.389 e. The Bertz CT molecular complexity index is 3710. The molecule has 11 aliphatic rings. The van der Waals surface area contributed by atoms with Gasteiger partial charge in [-0.25, -0.2) is 0 Å². The molecule has 5 amide bonds. The molecule has 0 aromatic heterocycles. The fourth-order valence-electron chi connectivity index (χ4n) is 13.1. The summed E-state index contributed by atoms with van der Waals surface area (Å²) in [6.07, 6.45) is 34.3. The molecule has 0 aliphatic carbocycles. The zero-order valence-corrected chi connectivity index (χ0v) is 71.7. The molecule has 11 heterocycles. The Morgan fingerprint density at radius 1 is 0.463 bits per heavy atom. The summed E-state index contributed by atoms with van der Waals surface area (Å²) in [7, 11) is 0. The molecule has 20 atom stereocenters. The van der Waals surface area contributed by atoms with Gasteiger partial charge in [-0.2, -0.15) is 0 Å². The van der Waals surface area contributed by atoms with Crippen molar-refractivity contribution >= 4 is 130 Å². The molecule has 606 valence electrons. The fraction of sp³-hybridized carbons (Fsp3) is 0.589. The van der Waals surface area contributed by atoms with Crippen molar-refractivity contribution in [2.24, 2.45) is 0 Å². The minimum atomic E-state index is -1.47. The van der Waals surface area contributed by atoms with E-state index in [0.717, 1.165) is 50.1 Å². The maximum Gasteiger partial charge on any atom is 0.250 e. The topological polar surface area (TPSA) is 359 Å². The summed E-state index contributed by atoms with van der Waals surface area (Å²) in [6.45, 7) is 38.1. The third-order valence-corrected chi connectivity index (χ3v) is 28.7. The van der Waals surface area contributed by atoms with E-state index < -0.39 is 130 Å². The van der Waals surface area contributed by atoms with Gasteiger partial charge in [-0.1, -0.05) is 55.5 Å². The molecule has 0 radical (unpaired) electrons. The van der Waals surface area contributed by atoms with E-state index in [-0.39, 0.29) is 51.9 Å². The Hall–Kier alpha value is -4.25. The van der Waals surface area contributed by atoms with Crippen molar-refractivity contribution in [3.63, 3.8) is 0 Å². The normalized spacial score (nSPS) is 35.3. The van der Waals surface area contributed by atoms with Gasteiger partial charge in [0, 0.05) is 61.4 Å². The molecule has 12 N–H and O–H groups in total. The van der Waals surface area contributed by atoms with Crippen LogP contribution in [0, 0.1) is 0 Å². The highest BCUT2D eigenvalue weighted by molar-refractivity contribution is 14.1. The number of aliphatic hydroxyl groups is 7. The van der Waals surface area contributed by atoms with Crippen LogP contribution < -0.4 is 26.6 Å². The molecule has 0 saturated carbocycles. The second-order valence-electron chi connectivity index (χ2n) is 32.7. The van der Waals surface area contributed by atoms with Crippen LogP contribution in [0.5, 0.6) is 0 Å². The number of amides is 5. The molecular formula is C73H117ClIN10O18P5. The molecule has 0 spiro atoms. The Balaban J connectivity index is 0.000000188. The van der Waals surface area contributed by atoms with Crippen molar-refractivity contribution in [2.75, 3.05) is 104 Å². The van der Waals surface area contributed by atoms with Gasteiger partial charge in [-0.15, -0.1) is 77.5 Å². The van der Waals surface area contributed by atoms with Gasteiger partial charge in [0.1, 0.15) is 88.5 Å². The van der Waals surface area contributed by atoms with Crippen LogP contribution in [0.3, 0.4) is 0 Å². The number of aliphatic hydroxyl groups excluding tert-OH is 6. The van der Waals surface area contributed by atoms with E-state index in [4.69, 9.17) is 40.0 Å². The molecule has 11 rings (SSSR count). The number of nitrogens with zero attached hydrogens (tertiary/aromatic N) is 5. The summed E-state index contributed by atoms with van der Waals surface area (Å²) in [5.74, 6) is 0.739. The van der Waals surface area contributed by atoms with E-state index >= 15 is 0 Å². The van der Waals surface area contributed by atoms with Gasteiger partial charge in [-0.3, -0.25) is 24.0 Å². The van der Waals surface area contributed by atoms with Crippen molar-refractivity contribution in [2.45, 2.75) is 164 Å². The molecule has 0 aromatic rings. The van der Waals surface area contributed by atoms with E-state index in [1.54, 1.807) is 40.2 Å². The number of hydrogen-bond donors (Lipinski definition) is 12. The maximum atomic E-state index is 11.3. The highest BCUT2D eigenvalue weighted by atomic mass is 127. The van der Waals surface area contributed by atoms with Crippen molar-refractivity contribution in [1.29, 1.82) is 0 Å². The van der Waals surface area contributed by atoms with E-state index in [1.165, 1.54) is 59.5 Å². The quantitative estimate of drug-likeness (QED) is 0.0470. The first-order valence-corrected chi connectivity index (χ1v) is 52.3. The SMILES string of the molecule is C=C1NC(=O)C=CN1C1O[C@H](CCP(=C)(C)C)[C@@H](O)[C@]1(C)O.C=C1NC(=O)C=CN1[C@@H]1O[C@@]2(CCP(=C)(C)C)CO[C@@H]1C2O.C=C1NC(=O)C=CN1[C@@H]1O[C@H](CCP(=C)(C)C)[C@@H](O)[C@H]1Cl.C=C1NC(=O)C=CN1[C@@H]1O[C@H](CCP(=C)(C)C)[C@@H](O)[C@H]1I.C=C1NC(=O)C=CN1[C@@H]1O[C@](C)(CCP(=C)(C)C)[C@@H](O)[C@H]1O. The first kappa shape index (κ1) is 90.9. The van der Waals surface area contributed by atoms with Crippen LogP contribution in [0.25, 0.3) is 0 Å². The summed E-state index contributed by atoms with van der Waals surface area (Å²) < 4.78 is 35.6. The number of ether oxygens (including phenoxy) is 6. The Morgan fingerprint density at radius 2 is 0.815 bits per heavy atom. The van der Waals surface area contributed by atoms with Gasteiger partial charge < -0.3 is 115 Å². The standard InChI is InChI=1S/C15H23N2O4P.2C15H25N2O4P.C14H22ClN2O3P.C14H22IN2O3P/c1-10-16-11(18)5-7-17(10)14-12-13(19)15(21-14,9-20-12)6-8-22(2,3)4;1-10-16-12(18)6-8-17(10)14-15(2,20)13(19)11(21-14)7-9-22(3,4)5;1-10-16-11(18)6-8-17(10)14-12(19)13(20)15(2,21-14)7-9-22(3,4)5;2*1-9-16-11(18)5-7-17(9)14-12(15)13(19)10(20-14)6-8-21(2,3)4/h5,7,12-14,19H,1-2,6,8-9H2,3-4H3,(H,16,18);6,8,11,13-14,19-20H,1,3,7,9H2,2,4-5H3,(H,16,18);6,8,12-14,19-20H,1,3,7,9H2,2,4-5H3,(H,16,18);2*5,7,10,12-14,19H,1-2,6,8H2,3-4H3,(H,16,18)/t12-,13?,14-,15+;11-,13-,14?,15+;12-,13+,14-,15-;2*10-,12-,13-,14-/m11111/s1. The number of nitrogens with one attached hydrogen (secondary N) is 5. The molecule has 0 aromatic carbocycles. The summed E-state index contributed by atoms with van der Waals surface area (Å²) in [5, 5.41) is 85.4. The summed E-state index contributed by atoms with van der Waals surface area (Å²) >= 11 is 8.50.